The second kappa shape index (κ2) is 6.81. The van der Waals surface area contributed by atoms with Gasteiger partial charge in [0.25, 0.3) is 0 Å². The fourth-order valence-corrected chi connectivity index (χ4v) is 5.09. The smallest absolute Gasteiger partial charge is 0.267 e. The van der Waals surface area contributed by atoms with E-state index in [0.717, 1.165) is 10.2 Å². The Hall–Kier alpha value is -1.84. The third-order valence-electron chi connectivity index (χ3n) is 3.43. The molecule has 25 heavy (non-hydrogen) atoms. The van der Waals surface area contributed by atoms with Gasteiger partial charge in [0, 0.05) is 6.04 Å². The molecule has 9 heteroatoms. The number of anilines is 2. The zero-order chi connectivity index (χ0) is 18.2. The van der Waals surface area contributed by atoms with E-state index < -0.39 is 16.0 Å². The van der Waals surface area contributed by atoms with Crippen LogP contribution in [0.1, 0.15) is 13.8 Å². The number of hydrogen-bond acceptors (Lipinski definition) is 5. The molecule has 0 unspecified atom stereocenters. The summed E-state index contributed by atoms with van der Waals surface area (Å²) < 4.78 is 44.0. The first-order valence-electron chi connectivity index (χ1n) is 7.43. The van der Waals surface area contributed by atoms with E-state index in [1.807, 2.05) is 0 Å². The SMILES string of the molecule is CC(C)N(c1ccc2nc(S)sc2c1)S(=O)(=O)Nc1ccc(F)cc1. The number of fused-ring (bicyclic) bond motifs is 1. The highest BCUT2D eigenvalue weighted by Crippen LogP contribution is 2.31. The van der Waals surface area contributed by atoms with Crippen molar-refractivity contribution in [2.75, 3.05) is 9.03 Å². The van der Waals surface area contributed by atoms with Gasteiger partial charge in [-0.3, -0.25) is 9.03 Å². The molecule has 5 nitrogen and oxygen atoms in total. The van der Waals surface area contributed by atoms with Gasteiger partial charge in [-0.05, 0) is 56.3 Å². The predicted molar refractivity (Wildman–Crippen MR) is 103 cm³/mol. The Morgan fingerprint density at radius 1 is 1.20 bits per heavy atom. The van der Waals surface area contributed by atoms with Crippen molar-refractivity contribution >= 4 is 55.8 Å². The molecule has 1 heterocycles. The maximum Gasteiger partial charge on any atom is 0.324 e. The van der Waals surface area contributed by atoms with Crippen LogP contribution in [-0.2, 0) is 10.2 Å². The zero-order valence-corrected chi connectivity index (χ0v) is 16.0. The largest absolute Gasteiger partial charge is 0.324 e. The van der Waals surface area contributed by atoms with Crippen LogP contribution >= 0.6 is 24.0 Å². The van der Waals surface area contributed by atoms with E-state index in [2.05, 4.69) is 22.3 Å². The Morgan fingerprint density at radius 3 is 2.52 bits per heavy atom. The highest BCUT2D eigenvalue weighted by atomic mass is 32.2. The molecule has 0 fully saturated rings. The summed E-state index contributed by atoms with van der Waals surface area (Å²) >= 11 is 5.61. The van der Waals surface area contributed by atoms with Crippen molar-refractivity contribution in [1.29, 1.82) is 0 Å². The van der Waals surface area contributed by atoms with E-state index in [-0.39, 0.29) is 6.04 Å². The Bertz CT molecular complexity index is 1000. The van der Waals surface area contributed by atoms with Crippen molar-refractivity contribution in [2.24, 2.45) is 0 Å². The van der Waals surface area contributed by atoms with Crippen LogP contribution < -0.4 is 9.03 Å². The van der Waals surface area contributed by atoms with Crippen LogP contribution in [0.5, 0.6) is 0 Å². The van der Waals surface area contributed by atoms with Gasteiger partial charge in [-0.25, -0.2) is 9.37 Å². The van der Waals surface area contributed by atoms with E-state index in [1.165, 1.54) is 39.9 Å². The minimum absolute atomic E-state index is 0.295. The molecule has 0 radical (unpaired) electrons. The van der Waals surface area contributed by atoms with Crippen LogP contribution in [0.2, 0.25) is 0 Å². The molecular weight excluding hydrogens is 381 g/mol. The number of benzene rings is 2. The number of hydrogen-bond donors (Lipinski definition) is 2. The van der Waals surface area contributed by atoms with Crippen molar-refractivity contribution in [3.63, 3.8) is 0 Å². The van der Waals surface area contributed by atoms with Crippen LogP contribution in [0.3, 0.4) is 0 Å². The number of aromatic nitrogens is 1. The lowest BCUT2D eigenvalue weighted by molar-refractivity contribution is 0.589. The van der Waals surface area contributed by atoms with E-state index in [4.69, 9.17) is 0 Å². The molecule has 0 saturated heterocycles. The van der Waals surface area contributed by atoms with Crippen LogP contribution in [0, 0.1) is 5.82 Å². The predicted octanol–water partition coefficient (Wildman–Crippen LogP) is 4.30. The highest BCUT2D eigenvalue weighted by molar-refractivity contribution is 7.94. The highest BCUT2D eigenvalue weighted by Gasteiger charge is 2.26. The van der Waals surface area contributed by atoms with Gasteiger partial charge in [-0.1, -0.05) is 0 Å². The van der Waals surface area contributed by atoms with E-state index >= 15 is 0 Å². The summed E-state index contributed by atoms with van der Waals surface area (Å²) in [4.78, 5) is 4.26. The molecule has 0 spiro atoms. The minimum Gasteiger partial charge on any atom is -0.267 e. The molecule has 1 N–H and O–H groups in total. The van der Waals surface area contributed by atoms with Gasteiger partial charge < -0.3 is 0 Å². The lowest BCUT2D eigenvalue weighted by Gasteiger charge is -2.28. The van der Waals surface area contributed by atoms with E-state index in [0.29, 0.717) is 15.7 Å². The third kappa shape index (κ3) is 3.88. The summed E-state index contributed by atoms with van der Waals surface area (Å²) in [5.74, 6) is -0.429. The molecule has 0 aliphatic carbocycles. The number of thiol groups is 1. The van der Waals surface area contributed by atoms with Gasteiger partial charge in [-0.2, -0.15) is 8.42 Å². The summed E-state index contributed by atoms with van der Waals surface area (Å²) in [6.45, 7) is 3.57. The topological polar surface area (TPSA) is 62.3 Å². The molecule has 132 valence electrons. The summed E-state index contributed by atoms with van der Waals surface area (Å²) in [6.07, 6.45) is 0. The number of rotatable bonds is 5. The Morgan fingerprint density at radius 2 is 1.88 bits per heavy atom. The number of halogens is 1. The van der Waals surface area contributed by atoms with Gasteiger partial charge in [-0.15, -0.1) is 24.0 Å². The monoisotopic (exact) mass is 397 g/mol. The molecule has 3 aromatic rings. The summed E-state index contributed by atoms with van der Waals surface area (Å²) in [5.41, 5.74) is 1.59. The maximum atomic E-state index is 13.0. The van der Waals surface area contributed by atoms with Gasteiger partial charge in [0.2, 0.25) is 0 Å². The van der Waals surface area contributed by atoms with Crippen molar-refractivity contribution in [2.45, 2.75) is 24.2 Å². The Balaban J connectivity index is 1.99. The van der Waals surface area contributed by atoms with Crippen molar-refractivity contribution in [3.05, 3.63) is 48.3 Å². The number of nitrogens with zero attached hydrogens (tertiary/aromatic N) is 2. The lowest BCUT2D eigenvalue weighted by Crippen LogP contribution is -2.40. The van der Waals surface area contributed by atoms with Crippen LogP contribution in [0.4, 0.5) is 15.8 Å². The molecule has 0 atom stereocenters. The maximum absolute atomic E-state index is 13.0. The summed E-state index contributed by atoms with van der Waals surface area (Å²) in [7, 11) is -3.88. The first-order chi connectivity index (χ1) is 11.8. The van der Waals surface area contributed by atoms with E-state index in [9.17, 15) is 12.8 Å². The molecule has 0 aliphatic rings. The molecule has 0 amide bonds. The molecule has 1 aromatic heterocycles. The number of thiazole rings is 1. The fraction of sp³-hybridized carbons (Fsp3) is 0.188. The standard InChI is InChI=1S/C16H16FN3O2S3/c1-10(2)20(13-7-8-14-15(9-13)24-16(23)18-14)25(21,22)19-12-5-3-11(17)4-6-12/h3-10,19H,1-2H3,(H,18,23). The summed E-state index contributed by atoms with van der Waals surface area (Å²) in [5, 5.41) is 0. The van der Waals surface area contributed by atoms with Gasteiger partial charge in [0.1, 0.15) is 10.2 Å². The Labute approximate surface area is 155 Å². The molecular formula is C16H16FN3O2S3. The van der Waals surface area contributed by atoms with Gasteiger partial charge in [0.05, 0.1) is 21.6 Å². The van der Waals surface area contributed by atoms with E-state index in [1.54, 1.807) is 32.0 Å². The van der Waals surface area contributed by atoms with Crippen molar-refractivity contribution in [1.82, 2.24) is 4.98 Å². The third-order valence-corrected chi connectivity index (χ3v) is 6.27. The second-order valence-corrected chi connectivity index (χ2v) is 8.96. The first kappa shape index (κ1) is 18.0. The van der Waals surface area contributed by atoms with Gasteiger partial charge in [0.15, 0.2) is 0 Å². The first-order valence-corrected chi connectivity index (χ1v) is 10.1. The normalized spacial score (nSPS) is 11.9. The zero-order valence-electron chi connectivity index (χ0n) is 13.5. The second-order valence-electron chi connectivity index (χ2n) is 5.65. The van der Waals surface area contributed by atoms with Gasteiger partial charge >= 0.3 is 10.2 Å². The average Bonchev–Trinajstić information content (AvgIpc) is 2.88. The lowest BCUT2D eigenvalue weighted by atomic mass is 10.2. The van der Waals surface area contributed by atoms with Crippen LogP contribution in [-0.4, -0.2) is 19.4 Å². The molecule has 3 rings (SSSR count). The van der Waals surface area contributed by atoms with Crippen LogP contribution in [0.15, 0.2) is 46.8 Å². The molecule has 0 aliphatic heterocycles. The summed E-state index contributed by atoms with van der Waals surface area (Å²) in [6, 6.07) is 10.1. The van der Waals surface area contributed by atoms with Crippen molar-refractivity contribution in [3.8, 4) is 0 Å². The van der Waals surface area contributed by atoms with Crippen molar-refractivity contribution < 1.29 is 12.8 Å². The minimum atomic E-state index is -3.88. The molecule has 0 saturated carbocycles. The average molecular weight is 398 g/mol. The van der Waals surface area contributed by atoms with Crippen LogP contribution in [0.25, 0.3) is 10.2 Å². The molecule has 0 bridgehead atoms. The quantitative estimate of drug-likeness (QED) is 0.631. The fourth-order valence-electron chi connectivity index (χ4n) is 2.47. The Kier molecular flexibility index (Phi) is 4.90. The molecule has 2 aromatic carbocycles. The number of nitrogens with one attached hydrogen (secondary N) is 1.